The average molecular weight is 312 g/mol. The first kappa shape index (κ1) is 16.3. The van der Waals surface area contributed by atoms with Crippen LogP contribution in [0.1, 0.15) is 30.4 Å². The van der Waals surface area contributed by atoms with Gasteiger partial charge in [-0.25, -0.2) is 8.42 Å². The highest BCUT2D eigenvalue weighted by Gasteiger charge is 2.27. The molecule has 1 aliphatic rings. The Morgan fingerprint density at radius 2 is 1.95 bits per heavy atom. The molecule has 0 saturated carbocycles. The van der Waals surface area contributed by atoms with Gasteiger partial charge in [0.05, 0.1) is 11.8 Å². The van der Waals surface area contributed by atoms with Gasteiger partial charge in [-0.15, -0.1) is 0 Å². The first-order valence-electron chi connectivity index (χ1n) is 7.27. The highest BCUT2D eigenvalue weighted by molar-refractivity contribution is 7.89. The fourth-order valence-electron chi connectivity index (χ4n) is 2.54. The smallest absolute Gasteiger partial charge is 0.244 e. The van der Waals surface area contributed by atoms with Crippen LogP contribution in [0, 0.1) is 13.8 Å². The molecular weight excluding hydrogens is 288 g/mol. The number of nitrogens with two attached hydrogens (primary N) is 1. The van der Waals surface area contributed by atoms with Crippen molar-refractivity contribution in [3.8, 4) is 0 Å². The molecule has 1 heterocycles. The van der Waals surface area contributed by atoms with Gasteiger partial charge in [-0.2, -0.15) is 4.31 Å². The number of aryl methyl sites for hydroxylation is 2. The lowest BCUT2D eigenvalue weighted by atomic mass is 10.1. The molecule has 0 bridgehead atoms. The molecule has 21 heavy (non-hydrogen) atoms. The van der Waals surface area contributed by atoms with Crippen molar-refractivity contribution in [3.05, 3.63) is 23.3 Å². The molecule has 118 valence electrons. The van der Waals surface area contributed by atoms with Gasteiger partial charge in [0.2, 0.25) is 10.0 Å². The van der Waals surface area contributed by atoms with Crippen molar-refractivity contribution < 1.29 is 13.2 Å². The molecule has 1 aromatic rings. The fraction of sp³-hybridized carbons (Fsp3) is 0.600. The van der Waals surface area contributed by atoms with Crippen LogP contribution in [0.4, 0.5) is 5.69 Å². The Morgan fingerprint density at radius 3 is 2.57 bits per heavy atom. The van der Waals surface area contributed by atoms with Gasteiger partial charge >= 0.3 is 0 Å². The molecule has 1 unspecified atom stereocenters. The lowest BCUT2D eigenvalue weighted by Crippen LogP contribution is -2.37. The second kappa shape index (κ2) is 6.34. The van der Waals surface area contributed by atoms with Crippen LogP contribution < -0.4 is 5.73 Å². The molecule has 2 N–H and O–H groups in total. The van der Waals surface area contributed by atoms with Crippen LogP contribution in [-0.4, -0.2) is 39.0 Å². The van der Waals surface area contributed by atoms with E-state index in [0.717, 1.165) is 30.4 Å². The van der Waals surface area contributed by atoms with E-state index in [1.54, 1.807) is 19.2 Å². The predicted octanol–water partition coefficient (Wildman–Crippen LogP) is 2.08. The van der Waals surface area contributed by atoms with Crippen molar-refractivity contribution in [3.63, 3.8) is 0 Å². The average Bonchev–Trinajstić information content (AvgIpc) is 2.43. The minimum atomic E-state index is -3.58. The first-order valence-corrected chi connectivity index (χ1v) is 8.71. The van der Waals surface area contributed by atoms with E-state index >= 15 is 0 Å². The molecule has 6 heteroatoms. The van der Waals surface area contributed by atoms with Gasteiger partial charge in [-0.1, -0.05) is 0 Å². The second-order valence-corrected chi connectivity index (χ2v) is 7.76. The van der Waals surface area contributed by atoms with E-state index < -0.39 is 10.0 Å². The number of sulfonamides is 1. The summed E-state index contributed by atoms with van der Waals surface area (Å²) >= 11 is 0. The first-order chi connectivity index (χ1) is 9.82. The number of hydrogen-bond acceptors (Lipinski definition) is 4. The molecule has 1 aromatic carbocycles. The van der Waals surface area contributed by atoms with Gasteiger partial charge in [0.15, 0.2) is 0 Å². The summed E-state index contributed by atoms with van der Waals surface area (Å²) in [5.41, 5.74) is 8.12. The van der Waals surface area contributed by atoms with Gasteiger partial charge < -0.3 is 10.5 Å². The molecule has 1 atom stereocenters. The number of ether oxygens (including phenoxy) is 1. The minimum Gasteiger partial charge on any atom is -0.398 e. The number of nitrogens with zero attached hydrogens (tertiary/aromatic N) is 1. The van der Waals surface area contributed by atoms with Crippen molar-refractivity contribution in [2.75, 3.05) is 25.9 Å². The SMILES string of the molecule is Cc1cc(N)c(S(=O)(=O)N(C)CC2CCCCO2)cc1C. The third kappa shape index (κ3) is 3.56. The number of anilines is 1. The summed E-state index contributed by atoms with van der Waals surface area (Å²) in [6.45, 7) is 4.89. The molecule has 2 rings (SSSR count). The second-order valence-electron chi connectivity index (χ2n) is 5.75. The van der Waals surface area contributed by atoms with Crippen LogP contribution in [0.25, 0.3) is 0 Å². The minimum absolute atomic E-state index is 0.0219. The molecule has 1 saturated heterocycles. The van der Waals surface area contributed by atoms with E-state index in [-0.39, 0.29) is 11.0 Å². The largest absolute Gasteiger partial charge is 0.398 e. The van der Waals surface area contributed by atoms with Crippen LogP contribution in [0.5, 0.6) is 0 Å². The zero-order valence-corrected chi connectivity index (χ0v) is 13.7. The third-order valence-electron chi connectivity index (χ3n) is 4.05. The van der Waals surface area contributed by atoms with E-state index in [2.05, 4.69) is 0 Å². The van der Waals surface area contributed by atoms with Gasteiger partial charge in [0.25, 0.3) is 0 Å². The van der Waals surface area contributed by atoms with Gasteiger partial charge in [-0.05, 0) is 56.4 Å². The molecule has 0 spiro atoms. The third-order valence-corrected chi connectivity index (χ3v) is 5.93. The maximum Gasteiger partial charge on any atom is 0.244 e. The summed E-state index contributed by atoms with van der Waals surface area (Å²) in [7, 11) is -1.99. The number of nitrogen functional groups attached to an aromatic ring is 1. The van der Waals surface area contributed by atoms with Crippen molar-refractivity contribution in [1.82, 2.24) is 4.31 Å². The van der Waals surface area contributed by atoms with Crippen molar-refractivity contribution in [1.29, 1.82) is 0 Å². The van der Waals surface area contributed by atoms with Crippen LogP contribution in [0.3, 0.4) is 0 Å². The maximum atomic E-state index is 12.7. The Labute approximate surface area is 127 Å². The van der Waals surface area contributed by atoms with Crippen LogP contribution in [0.2, 0.25) is 0 Å². The monoisotopic (exact) mass is 312 g/mol. The Bertz CT molecular complexity index is 608. The molecule has 1 fully saturated rings. The summed E-state index contributed by atoms with van der Waals surface area (Å²) in [6, 6.07) is 3.37. The van der Waals surface area contributed by atoms with Crippen LogP contribution in [0.15, 0.2) is 17.0 Å². The van der Waals surface area contributed by atoms with E-state index in [9.17, 15) is 8.42 Å². The quantitative estimate of drug-likeness (QED) is 0.864. The number of benzene rings is 1. The van der Waals surface area contributed by atoms with E-state index in [1.165, 1.54) is 4.31 Å². The Morgan fingerprint density at radius 1 is 1.29 bits per heavy atom. The Kier molecular flexibility index (Phi) is 4.91. The topological polar surface area (TPSA) is 72.6 Å². The summed E-state index contributed by atoms with van der Waals surface area (Å²) in [4.78, 5) is 0.184. The lowest BCUT2D eigenvalue weighted by Gasteiger charge is -2.27. The standard InChI is InChI=1S/C15H24N2O3S/c1-11-8-14(16)15(9-12(11)2)21(18,19)17(3)10-13-6-4-5-7-20-13/h8-9,13H,4-7,10,16H2,1-3H3. The van der Waals surface area contributed by atoms with Crippen molar-refractivity contribution in [2.45, 2.75) is 44.1 Å². The van der Waals surface area contributed by atoms with Crippen molar-refractivity contribution >= 4 is 15.7 Å². The zero-order valence-electron chi connectivity index (χ0n) is 12.9. The van der Waals surface area contributed by atoms with E-state index in [4.69, 9.17) is 10.5 Å². The van der Waals surface area contributed by atoms with Crippen LogP contribution >= 0.6 is 0 Å². The molecule has 5 nitrogen and oxygen atoms in total. The van der Waals surface area contributed by atoms with Gasteiger partial charge in [-0.3, -0.25) is 0 Å². The number of rotatable bonds is 4. The van der Waals surface area contributed by atoms with Crippen LogP contribution in [-0.2, 0) is 14.8 Å². The zero-order chi connectivity index (χ0) is 15.6. The summed E-state index contributed by atoms with van der Waals surface area (Å²) in [6.07, 6.45) is 3.02. The fourth-order valence-corrected chi connectivity index (χ4v) is 3.92. The summed E-state index contributed by atoms with van der Waals surface area (Å²) in [5, 5.41) is 0. The number of likely N-dealkylation sites (N-methyl/N-ethyl adjacent to an activating group) is 1. The van der Waals surface area contributed by atoms with Crippen molar-refractivity contribution in [2.24, 2.45) is 0 Å². The Hall–Kier alpha value is -1.11. The highest BCUT2D eigenvalue weighted by atomic mass is 32.2. The normalized spacial score (nSPS) is 19.9. The molecule has 0 aromatic heterocycles. The molecule has 0 aliphatic carbocycles. The predicted molar refractivity (Wildman–Crippen MR) is 83.7 cm³/mol. The lowest BCUT2D eigenvalue weighted by molar-refractivity contribution is 0.00859. The Balaban J connectivity index is 2.22. The van der Waals surface area contributed by atoms with E-state index in [1.807, 2.05) is 13.8 Å². The number of hydrogen-bond donors (Lipinski definition) is 1. The molecule has 0 amide bonds. The summed E-state index contributed by atoms with van der Waals surface area (Å²) < 4.78 is 32.3. The maximum absolute atomic E-state index is 12.7. The van der Waals surface area contributed by atoms with E-state index in [0.29, 0.717) is 18.8 Å². The van der Waals surface area contributed by atoms with Gasteiger partial charge in [0, 0.05) is 20.2 Å². The highest BCUT2D eigenvalue weighted by Crippen LogP contribution is 2.26. The summed E-state index contributed by atoms with van der Waals surface area (Å²) in [5.74, 6) is 0. The molecule has 1 aliphatic heterocycles. The molecule has 0 radical (unpaired) electrons. The molecular formula is C15H24N2O3S. The van der Waals surface area contributed by atoms with Gasteiger partial charge in [0.1, 0.15) is 4.90 Å².